The molecule has 160 valence electrons. The predicted molar refractivity (Wildman–Crippen MR) is 121 cm³/mol. The number of aromatic nitrogens is 3. The molecule has 0 saturated heterocycles. The molecule has 0 saturated carbocycles. The van der Waals surface area contributed by atoms with Gasteiger partial charge in [-0.3, -0.25) is 4.68 Å². The lowest BCUT2D eigenvalue weighted by molar-refractivity contribution is -0.690. The van der Waals surface area contributed by atoms with Crippen molar-refractivity contribution in [3.63, 3.8) is 0 Å². The van der Waals surface area contributed by atoms with Crippen LogP contribution in [0, 0.1) is 13.8 Å². The number of aryl methyl sites for hydroxylation is 2. The van der Waals surface area contributed by atoms with Gasteiger partial charge in [0.1, 0.15) is 11.5 Å². The van der Waals surface area contributed by atoms with E-state index in [9.17, 15) is 0 Å². The van der Waals surface area contributed by atoms with E-state index in [-0.39, 0.29) is 6.04 Å². The molecular weight excluding hydrogens is 388 g/mol. The lowest BCUT2D eigenvalue weighted by atomic mass is 9.93. The van der Waals surface area contributed by atoms with Gasteiger partial charge in [0.15, 0.2) is 6.04 Å². The van der Waals surface area contributed by atoms with Gasteiger partial charge in [-0.25, -0.2) is 0 Å². The van der Waals surface area contributed by atoms with Crippen molar-refractivity contribution in [2.75, 3.05) is 20.8 Å². The lowest BCUT2D eigenvalue weighted by Gasteiger charge is -2.22. The summed E-state index contributed by atoms with van der Waals surface area (Å²) in [6, 6.07) is 15.2. The third-order valence-electron chi connectivity index (χ3n) is 6.34. The predicted octanol–water partition coefficient (Wildman–Crippen LogP) is 3.26. The molecule has 0 unspecified atom stereocenters. The van der Waals surface area contributed by atoms with E-state index in [0.717, 1.165) is 41.4 Å². The zero-order valence-electron chi connectivity index (χ0n) is 18.5. The fourth-order valence-electron chi connectivity index (χ4n) is 4.84. The van der Waals surface area contributed by atoms with Gasteiger partial charge in [0.2, 0.25) is 0 Å². The van der Waals surface area contributed by atoms with Gasteiger partial charge >= 0.3 is 0 Å². The Labute approximate surface area is 182 Å². The highest BCUT2D eigenvalue weighted by Gasteiger charge is 2.29. The minimum Gasteiger partial charge on any atom is -0.497 e. The molecular formula is C25H29N4O2+. The largest absolute Gasteiger partial charge is 0.497 e. The average molecular weight is 418 g/mol. The molecule has 1 aliphatic heterocycles. The number of hydrogen-bond acceptors (Lipinski definition) is 3. The van der Waals surface area contributed by atoms with E-state index in [1.54, 1.807) is 14.2 Å². The Morgan fingerprint density at radius 2 is 1.97 bits per heavy atom. The number of fused-ring (bicyclic) bond motifs is 3. The number of nitrogens with two attached hydrogens (primary N) is 1. The maximum atomic E-state index is 5.68. The maximum absolute atomic E-state index is 5.68. The molecule has 0 fully saturated rings. The van der Waals surface area contributed by atoms with Crippen LogP contribution in [0.3, 0.4) is 0 Å². The van der Waals surface area contributed by atoms with Crippen molar-refractivity contribution in [1.82, 2.24) is 14.8 Å². The Kier molecular flexibility index (Phi) is 4.94. The van der Waals surface area contributed by atoms with Crippen molar-refractivity contribution in [3.8, 4) is 11.5 Å². The monoisotopic (exact) mass is 417 g/mol. The summed E-state index contributed by atoms with van der Waals surface area (Å²) in [5.41, 5.74) is 8.46. The Hall–Kier alpha value is -3.25. The van der Waals surface area contributed by atoms with E-state index in [1.807, 2.05) is 17.7 Å². The number of nitrogens with one attached hydrogen (secondary N) is 1. The van der Waals surface area contributed by atoms with E-state index in [2.05, 4.69) is 58.7 Å². The van der Waals surface area contributed by atoms with Gasteiger partial charge in [0.25, 0.3) is 0 Å². The van der Waals surface area contributed by atoms with Crippen LogP contribution < -0.4 is 14.8 Å². The zero-order chi connectivity index (χ0) is 21.5. The number of quaternary nitrogens is 1. The number of nitrogens with zero attached hydrogens (tertiary/aromatic N) is 2. The summed E-state index contributed by atoms with van der Waals surface area (Å²) in [5.74, 6) is 1.80. The van der Waals surface area contributed by atoms with E-state index < -0.39 is 0 Å². The normalized spacial score (nSPS) is 15.8. The molecule has 0 bridgehead atoms. The van der Waals surface area contributed by atoms with Gasteiger partial charge in [0.05, 0.1) is 38.7 Å². The van der Waals surface area contributed by atoms with E-state index >= 15 is 0 Å². The van der Waals surface area contributed by atoms with E-state index in [1.165, 1.54) is 27.7 Å². The lowest BCUT2D eigenvalue weighted by Crippen LogP contribution is -2.87. The van der Waals surface area contributed by atoms with Crippen molar-refractivity contribution in [2.45, 2.75) is 32.9 Å². The second-order valence-corrected chi connectivity index (χ2v) is 8.34. The van der Waals surface area contributed by atoms with Crippen molar-refractivity contribution in [3.05, 3.63) is 76.2 Å². The van der Waals surface area contributed by atoms with Crippen molar-refractivity contribution < 1.29 is 14.8 Å². The second-order valence-electron chi connectivity index (χ2n) is 8.34. The van der Waals surface area contributed by atoms with Gasteiger partial charge in [-0.05, 0) is 61.9 Å². The molecule has 5 rings (SSSR count). The summed E-state index contributed by atoms with van der Waals surface area (Å²) in [6.07, 6.45) is 1.05. The number of benzene rings is 2. The number of methoxy groups -OCH3 is 2. The summed E-state index contributed by atoms with van der Waals surface area (Å²) in [5, 5.41) is 8.33. The Balaban J connectivity index is 1.56. The fourth-order valence-corrected chi connectivity index (χ4v) is 4.84. The van der Waals surface area contributed by atoms with Crippen LogP contribution in [0.15, 0.2) is 42.5 Å². The molecule has 0 amide bonds. The van der Waals surface area contributed by atoms with Gasteiger partial charge in [-0.15, -0.1) is 0 Å². The Morgan fingerprint density at radius 3 is 2.71 bits per heavy atom. The van der Waals surface area contributed by atoms with Gasteiger partial charge in [-0.2, -0.15) is 5.10 Å². The van der Waals surface area contributed by atoms with Crippen molar-refractivity contribution >= 4 is 10.9 Å². The molecule has 31 heavy (non-hydrogen) atoms. The van der Waals surface area contributed by atoms with Crippen LogP contribution >= 0.6 is 0 Å². The first-order valence-electron chi connectivity index (χ1n) is 10.8. The molecule has 3 N–H and O–H groups in total. The van der Waals surface area contributed by atoms with Crippen molar-refractivity contribution in [1.29, 1.82) is 0 Å². The number of H-pyrrole nitrogens is 1. The number of hydrogen-bond donors (Lipinski definition) is 2. The van der Waals surface area contributed by atoms with Crippen LogP contribution in [0.2, 0.25) is 0 Å². The summed E-state index contributed by atoms with van der Waals surface area (Å²) in [7, 11) is 3.45. The van der Waals surface area contributed by atoms with Gasteiger partial charge in [0, 0.05) is 34.1 Å². The van der Waals surface area contributed by atoms with E-state index in [0.29, 0.717) is 6.54 Å². The summed E-state index contributed by atoms with van der Waals surface area (Å²) >= 11 is 0. The number of ether oxygens (including phenoxy) is 2. The maximum Gasteiger partial charge on any atom is 0.153 e. The minimum atomic E-state index is 0.229. The van der Waals surface area contributed by atoms with Gasteiger partial charge in [-0.1, -0.05) is 0 Å². The molecule has 6 heteroatoms. The molecule has 6 nitrogen and oxygen atoms in total. The minimum absolute atomic E-state index is 0.229. The highest BCUT2D eigenvalue weighted by Crippen LogP contribution is 2.34. The second kappa shape index (κ2) is 7.78. The fraction of sp³-hybridized carbons (Fsp3) is 0.320. The third-order valence-corrected chi connectivity index (χ3v) is 6.34. The summed E-state index contributed by atoms with van der Waals surface area (Å²) in [4.78, 5) is 3.69. The summed E-state index contributed by atoms with van der Waals surface area (Å²) < 4.78 is 13.2. The molecule has 1 atom stereocenters. The highest BCUT2D eigenvalue weighted by molar-refractivity contribution is 5.86. The van der Waals surface area contributed by atoms with Crippen LogP contribution in [0.25, 0.3) is 10.9 Å². The molecule has 2 aromatic carbocycles. The molecule has 3 heterocycles. The molecule has 4 aromatic rings. The quantitative estimate of drug-likeness (QED) is 0.524. The number of aromatic amines is 1. The first-order chi connectivity index (χ1) is 15.1. The third kappa shape index (κ3) is 3.47. The first kappa shape index (κ1) is 19.7. The van der Waals surface area contributed by atoms with Crippen LogP contribution in [-0.4, -0.2) is 35.5 Å². The molecule has 0 aliphatic carbocycles. The Bertz CT molecular complexity index is 1250. The summed E-state index contributed by atoms with van der Waals surface area (Å²) in [6.45, 7) is 5.87. The number of rotatable bonds is 5. The van der Waals surface area contributed by atoms with Gasteiger partial charge < -0.3 is 19.8 Å². The van der Waals surface area contributed by atoms with Crippen LogP contribution in [0.1, 0.15) is 39.8 Å². The van der Waals surface area contributed by atoms with Crippen LogP contribution in [0.5, 0.6) is 11.5 Å². The van der Waals surface area contributed by atoms with E-state index in [4.69, 9.17) is 9.47 Å². The molecule has 2 aromatic heterocycles. The first-order valence-corrected chi connectivity index (χ1v) is 10.8. The highest BCUT2D eigenvalue weighted by atomic mass is 16.5. The zero-order valence-corrected chi connectivity index (χ0v) is 18.5. The smallest absolute Gasteiger partial charge is 0.153 e. The molecule has 0 spiro atoms. The molecule has 0 radical (unpaired) electrons. The molecule has 1 aliphatic rings. The van der Waals surface area contributed by atoms with Crippen LogP contribution in [0.4, 0.5) is 0 Å². The standard InChI is InChI=1S/C25H28N4O2/c1-15-11-16(2)29(28-15)14-18-12-17(5-8-23(18)31-4)24-25-20(9-10-26-24)21-13-19(30-3)6-7-22(21)27-25/h5-8,11-13,24,26-27H,9-10,14H2,1-4H3/p+1/t24-/m1/s1. The SMILES string of the molecule is COc1ccc2[nH]c3c(c2c1)CC[NH2+][C@@H]3c1ccc(OC)c(Cn2nc(C)cc2C)c1. The Morgan fingerprint density at radius 1 is 1.10 bits per heavy atom. The topological polar surface area (TPSA) is 68.7 Å². The van der Waals surface area contributed by atoms with Crippen molar-refractivity contribution in [2.24, 2.45) is 0 Å². The van der Waals surface area contributed by atoms with Crippen LogP contribution in [-0.2, 0) is 13.0 Å². The average Bonchev–Trinajstić information content (AvgIpc) is 3.31.